The lowest BCUT2D eigenvalue weighted by molar-refractivity contribution is -0.140. The van der Waals surface area contributed by atoms with Crippen LogP contribution in [0.25, 0.3) is 0 Å². The molecule has 2 N–H and O–H groups in total. The van der Waals surface area contributed by atoms with E-state index in [0.29, 0.717) is 0 Å². The van der Waals surface area contributed by atoms with Crippen LogP contribution in [0.2, 0.25) is 0 Å². The molecule has 2 atom stereocenters. The second-order valence-electron chi connectivity index (χ2n) is 7.72. The molecule has 1 aromatic carbocycles. The van der Waals surface area contributed by atoms with E-state index in [1.165, 1.54) is 4.88 Å². The molecular formula is C23H32N4O3S. The molecular weight excluding hydrogens is 412 g/mol. The van der Waals surface area contributed by atoms with Crippen LogP contribution in [0.4, 0.5) is 0 Å². The van der Waals surface area contributed by atoms with E-state index in [1.54, 1.807) is 18.4 Å². The van der Waals surface area contributed by atoms with Crippen LogP contribution in [-0.2, 0) is 16.1 Å². The summed E-state index contributed by atoms with van der Waals surface area (Å²) in [5.74, 6) is -0.473. The van der Waals surface area contributed by atoms with Crippen molar-refractivity contribution in [2.24, 2.45) is 0 Å². The number of hydrogen-bond acceptors (Lipinski definition) is 6. The third-order valence-electron chi connectivity index (χ3n) is 5.73. The molecule has 0 spiro atoms. The standard InChI is InChI=1S/C23H32N4O3S/c1-4-26-11-13-27(14-12-26)21(20-6-5-15-31-20)17(2)25-23(29)22(28)24-16-18-7-9-19(30-3)10-8-18/h5-10,15,17,21H,4,11-14,16H2,1-3H3,(H,24,28)(H,25,29)/t17-,21+/m1/s1. The Kier molecular flexibility index (Phi) is 8.45. The Morgan fingerprint density at radius 3 is 2.39 bits per heavy atom. The van der Waals surface area contributed by atoms with E-state index in [-0.39, 0.29) is 18.6 Å². The Bertz CT molecular complexity index is 833. The number of benzene rings is 1. The summed E-state index contributed by atoms with van der Waals surface area (Å²) in [6.45, 7) is 9.42. The average molecular weight is 445 g/mol. The van der Waals surface area contributed by atoms with Crippen LogP contribution in [0.3, 0.4) is 0 Å². The lowest BCUT2D eigenvalue weighted by Crippen LogP contribution is -2.53. The molecule has 0 saturated carbocycles. The topological polar surface area (TPSA) is 73.9 Å². The molecule has 7 nitrogen and oxygen atoms in total. The fraction of sp³-hybridized carbons (Fsp3) is 0.478. The average Bonchev–Trinajstić information content (AvgIpc) is 3.32. The zero-order valence-electron chi connectivity index (χ0n) is 18.5. The second-order valence-corrected chi connectivity index (χ2v) is 8.70. The number of rotatable bonds is 8. The summed E-state index contributed by atoms with van der Waals surface area (Å²) in [4.78, 5) is 31.0. The van der Waals surface area contributed by atoms with Crippen LogP contribution in [0.1, 0.15) is 30.3 Å². The Balaban J connectivity index is 1.57. The zero-order valence-corrected chi connectivity index (χ0v) is 19.3. The molecule has 2 amide bonds. The molecule has 0 unspecified atom stereocenters. The number of hydrogen-bond donors (Lipinski definition) is 2. The van der Waals surface area contributed by atoms with Gasteiger partial charge in [-0.25, -0.2) is 0 Å². The Labute approximate surface area is 188 Å². The van der Waals surface area contributed by atoms with Gasteiger partial charge in [-0.2, -0.15) is 0 Å². The molecule has 8 heteroatoms. The lowest BCUT2D eigenvalue weighted by atomic mass is 10.0. The molecule has 1 aliphatic rings. The van der Waals surface area contributed by atoms with E-state index in [2.05, 4.69) is 38.8 Å². The van der Waals surface area contributed by atoms with E-state index in [0.717, 1.165) is 44.0 Å². The monoisotopic (exact) mass is 444 g/mol. The summed E-state index contributed by atoms with van der Waals surface area (Å²) >= 11 is 1.69. The molecule has 1 saturated heterocycles. The molecule has 3 rings (SSSR count). The number of ether oxygens (including phenoxy) is 1. The number of thiophene rings is 1. The molecule has 0 bridgehead atoms. The van der Waals surface area contributed by atoms with E-state index in [4.69, 9.17) is 4.74 Å². The Morgan fingerprint density at radius 1 is 1.10 bits per heavy atom. The minimum atomic E-state index is -0.622. The van der Waals surface area contributed by atoms with Crippen molar-refractivity contribution in [2.75, 3.05) is 39.8 Å². The highest BCUT2D eigenvalue weighted by atomic mass is 32.1. The first-order valence-electron chi connectivity index (χ1n) is 10.7. The SMILES string of the molecule is CCN1CCN([C@H](c2cccs2)[C@@H](C)NC(=O)C(=O)NCc2ccc(OC)cc2)CC1. The van der Waals surface area contributed by atoms with Gasteiger partial charge in [0, 0.05) is 43.6 Å². The predicted molar refractivity (Wildman–Crippen MR) is 123 cm³/mol. The van der Waals surface area contributed by atoms with Gasteiger partial charge in [0.25, 0.3) is 0 Å². The molecule has 31 heavy (non-hydrogen) atoms. The lowest BCUT2D eigenvalue weighted by Gasteiger charge is -2.41. The van der Waals surface area contributed by atoms with Gasteiger partial charge in [-0.05, 0) is 42.6 Å². The number of likely N-dealkylation sites (N-methyl/N-ethyl adjacent to an activating group) is 1. The first-order valence-corrected chi connectivity index (χ1v) is 11.6. The fourth-order valence-corrected chi connectivity index (χ4v) is 4.88. The van der Waals surface area contributed by atoms with Gasteiger partial charge in [-0.3, -0.25) is 14.5 Å². The Morgan fingerprint density at radius 2 is 1.81 bits per heavy atom. The molecule has 1 aromatic heterocycles. The number of nitrogens with zero attached hydrogens (tertiary/aromatic N) is 2. The number of amides is 2. The third-order valence-corrected chi connectivity index (χ3v) is 6.68. The largest absolute Gasteiger partial charge is 0.497 e. The highest BCUT2D eigenvalue weighted by molar-refractivity contribution is 7.10. The van der Waals surface area contributed by atoms with Crippen LogP contribution in [0.5, 0.6) is 5.75 Å². The van der Waals surface area contributed by atoms with Crippen LogP contribution in [-0.4, -0.2) is 67.5 Å². The smallest absolute Gasteiger partial charge is 0.309 e. The summed E-state index contributed by atoms with van der Waals surface area (Å²) in [5.41, 5.74) is 0.903. The van der Waals surface area contributed by atoms with Crippen molar-refractivity contribution in [3.63, 3.8) is 0 Å². The van der Waals surface area contributed by atoms with Crippen molar-refractivity contribution in [3.05, 3.63) is 52.2 Å². The number of piperazine rings is 1. The van der Waals surface area contributed by atoms with Gasteiger partial charge < -0.3 is 20.3 Å². The summed E-state index contributed by atoms with van der Waals surface area (Å²) < 4.78 is 5.13. The summed E-state index contributed by atoms with van der Waals surface area (Å²) in [5, 5.41) is 7.68. The van der Waals surface area contributed by atoms with E-state index < -0.39 is 11.8 Å². The second kappa shape index (κ2) is 11.3. The quantitative estimate of drug-likeness (QED) is 0.611. The molecule has 2 heterocycles. The first kappa shape index (κ1) is 23.2. The highest BCUT2D eigenvalue weighted by Crippen LogP contribution is 2.29. The predicted octanol–water partition coefficient (Wildman–Crippen LogP) is 2.26. The van der Waals surface area contributed by atoms with Crippen molar-refractivity contribution in [1.82, 2.24) is 20.4 Å². The summed E-state index contributed by atoms with van der Waals surface area (Å²) in [6.07, 6.45) is 0. The van der Waals surface area contributed by atoms with Crippen molar-refractivity contribution >= 4 is 23.2 Å². The van der Waals surface area contributed by atoms with E-state index in [9.17, 15) is 9.59 Å². The van der Waals surface area contributed by atoms with Gasteiger partial charge in [0.15, 0.2) is 0 Å². The van der Waals surface area contributed by atoms with Crippen molar-refractivity contribution in [2.45, 2.75) is 32.5 Å². The number of carbonyl (C=O) groups is 2. The van der Waals surface area contributed by atoms with Crippen LogP contribution in [0.15, 0.2) is 41.8 Å². The fourth-order valence-electron chi connectivity index (χ4n) is 3.92. The van der Waals surface area contributed by atoms with Crippen molar-refractivity contribution in [3.8, 4) is 5.75 Å². The molecule has 1 fully saturated rings. The number of methoxy groups -OCH3 is 1. The molecule has 0 radical (unpaired) electrons. The van der Waals surface area contributed by atoms with Gasteiger partial charge in [-0.15, -0.1) is 11.3 Å². The number of carbonyl (C=O) groups excluding carboxylic acids is 2. The van der Waals surface area contributed by atoms with Crippen molar-refractivity contribution < 1.29 is 14.3 Å². The van der Waals surface area contributed by atoms with Crippen molar-refractivity contribution in [1.29, 1.82) is 0 Å². The number of nitrogens with one attached hydrogen (secondary N) is 2. The van der Waals surface area contributed by atoms with Crippen LogP contribution in [0, 0.1) is 0 Å². The van der Waals surface area contributed by atoms with Gasteiger partial charge in [-0.1, -0.05) is 25.1 Å². The Hall–Kier alpha value is -2.42. The van der Waals surface area contributed by atoms with E-state index >= 15 is 0 Å². The van der Waals surface area contributed by atoms with Crippen LogP contribution >= 0.6 is 11.3 Å². The molecule has 0 aliphatic carbocycles. The molecule has 1 aliphatic heterocycles. The van der Waals surface area contributed by atoms with Gasteiger partial charge in [0.2, 0.25) is 0 Å². The third kappa shape index (κ3) is 6.29. The molecule has 2 aromatic rings. The van der Waals surface area contributed by atoms with Gasteiger partial charge >= 0.3 is 11.8 Å². The maximum Gasteiger partial charge on any atom is 0.309 e. The maximum absolute atomic E-state index is 12.6. The van der Waals surface area contributed by atoms with Gasteiger partial charge in [0.1, 0.15) is 5.75 Å². The highest BCUT2D eigenvalue weighted by Gasteiger charge is 2.31. The minimum absolute atomic E-state index is 0.0531. The zero-order chi connectivity index (χ0) is 22.2. The van der Waals surface area contributed by atoms with Crippen LogP contribution < -0.4 is 15.4 Å². The first-order chi connectivity index (χ1) is 15.0. The summed E-state index contributed by atoms with van der Waals surface area (Å²) in [6, 6.07) is 11.4. The van der Waals surface area contributed by atoms with Gasteiger partial charge in [0.05, 0.1) is 13.2 Å². The summed E-state index contributed by atoms with van der Waals surface area (Å²) in [7, 11) is 1.61. The maximum atomic E-state index is 12.6. The minimum Gasteiger partial charge on any atom is -0.497 e. The normalized spacial score (nSPS) is 17.0. The van der Waals surface area contributed by atoms with E-state index in [1.807, 2.05) is 37.3 Å². The molecule has 168 valence electrons.